The van der Waals surface area contributed by atoms with Crippen LogP contribution < -0.4 is 10.3 Å². The van der Waals surface area contributed by atoms with Gasteiger partial charge in [0.1, 0.15) is 12.4 Å². The summed E-state index contributed by atoms with van der Waals surface area (Å²) in [6, 6.07) is 12.7. The number of nitrogens with zero attached hydrogens (tertiary/aromatic N) is 3. The SMILES string of the molecule is Cc1cc(OCc2nn3c(=O)c4ccccc4nc3s2)ccc1Cl. The van der Waals surface area contributed by atoms with E-state index >= 15 is 0 Å². The maximum atomic E-state index is 12.5. The summed E-state index contributed by atoms with van der Waals surface area (Å²) in [6.45, 7) is 2.19. The highest BCUT2D eigenvalue weighted by Gasteiger charge is 2.11. The molecule has 0 aliphatic carbocycles. The average Bonchev–Trinajstić information content (AvgIpc) is 2.99. The number of aryl methyl sites for hydroxylation is 1. The summed E-state index contributed by atoms with van der Waals surface area (Å²) in [6.07, 6.45) is 0. The molecular weight excluding hydrogens is 346 g/mol. The zero-order valence-corrected chi connectivity index (χ0v) is 14.3. The number of ether oxygens (including phenoxy) is 1. The van der Waals surface area contributed by atoms with Crippen molar-refractivity contribution in [3.8, 4) is 5.75 Å². The van der Waals surface area contributed by atoms with E-state index in [1.165, 1.54) is 15.9 Å². The summed E-state index contributed by atoms with van der Waals surface area (Å²) in [4.78, 5) is 17.5. The molecule has 120 valence electrons. The van der Waals surface area contributed by atoms with Crippen LogP contribution in [0.2, 0.25) is 5.02 Å². The lowest BCUT2D eigenvalue weighted by Crippen LogP contribution is -2.15. The van der Waals surface area contributed by atoms with E-state index in [0.717, 1.165) is 5.56 Å². The summed E-state index contributed by atoms with van der Waals surface area (Å²) in [5.74, 6) is 0.710. The molecule has 2 heterocycles. The number of hydrogen-bond acceptors (Lipinski definition) is 5. The van der Waals surface area contributed by atoms with Crippen molar-refractivity contribution in [2.75, 3.05) is 0 Å². The molecule has 4 aromatic rings. The first kappa shape index (κ1) is 15.1. The van der Waals surface area contributed by atoms with Gasteiger partial charge in [0.2, 0.25) is 4.96 Å². The van der Waals surface area contributed by atoms with Crippen LogP contribution in [0.1, 0.15) is 10.6 Å². The van der Waals surface area contributed by atoms with Gasteiger partial charge in [0.05, 0.1) is 10.9 Å². The van der Waals surface area contributed by atoms with Gasteiger partial charge in [-0.15, -0.1) is 0 Å². The van der Waals surface area contributed by atoms with Crippen LogP contribution in [0.5, 0.6) is 5.75 Å². The van der Waals surface area contributed by atoms with Gasteiger partial charge in [0.25, 0.3) is 5.56 Å². The van der Waals surface area contributed by atoms with Crippen LogP contribution in [0.15, 0.2) is 47.3 Å². The van der Waals surface area contributed by atoms with E-state index in [4.69, 9.17) is 16.3 Å². The first-order chi connectivity index (χ1) is 11.6. The van der Waals surface area contributed by atoms with Gasteiger partial charge in [-0.25, -0.2) is 4.98 Å². The maximum Gasteiger partial charge on any atom is 0.283 e. The highest BCUT2D eigenvalue weighted by Crippen LogP contribution is 2.22. The largest absolute Gasteiger partial charge is 0.486 e. The molecule has 0 aliphatic rings. The van der Waals surface area contributed by atoms with E-state index in [1.54, 1.807) is 18.2 Å². The first-order valence-corrected chi connectivity index (χ1v) is 8.48. The van der Waals surface area contributed by atoms with Crippen molar-refractivity contribution in [1.29, 1.82) is 0 Å². The van der Waals surface area contributed by atoms with Gasteiger partial charge in [0, 0.05) is 5.02 Å². The summed E-state index contributed by atoms with van der Waals surface area (Å²) in [5, 5.41) is 6.26. The second-order valence-electron chi connectivity index (χ2n) is 5.32. The zero-order valence-electron chi connectivity index (χ0n) is 12.7. The Hall–Kier alpha value is -2.44. The van der Waals surface area contributed by atoms with Crippen molar-refractivity contribution >= 4 is 38.8 Å². The highest BCUT2D eigenvalue weighted by molar-refractivity contribution is 7.16. The fourth-order valence-electron chi connectivity index (χ4n) is 2.41. The molecular formula is C17H12ClN3O2S. The molecule has 5 nitrogen and oxygen atoms in total. The molecule has 0 saturated carbocycles. The molecule has 24 heavy (non-hydrogen) atoms. The third-order valence-corrected chi connectivity index (χ3v) is 4.94. The van der Waals surface area contributed by atoms with Crippen LogP contribution >= 0.6 is 22.9 Å². The van der Waals surface area contributed by atoms with Crippen molar-refractivity contribution in [1.82, 2.24) is 14.6 Å². The van der Waals surface area contributed by atoms with Gasteiger partial charge < -0.3 is 4.74 Å². The third kappa shape index (κ3) is 2.64. The van der Waals surface area contributed by atoms with Crippen LogP contribution in [0.25, 0.3) is 15.9 Å². The van der Waals surface area contributed by atoms with Crippen molar-refractivity contribution in [2.45, 2.75) is 13.5 Å². The van der Waals surface area contributed by atoms with Gasteiger partial charge in [-0.05, 0) is 42.8 Å². The minimum atomic E-state index is -0.166. The van der Waals surface area contributed by atoms with Gasteiger partial charge in [-0.2, -0.15) is 9.61 Å². The van der Waals surface area contributed by atoms with Crippen LogP contribution in [-0.2, 0) is 6.61 Å². The minimum absolute atomic E-state index is 0.166. The molecule has 0 fully saturated rings. The predicted molar refractivity (Wildman–Crippen MR) is 95.2 cm³/mol. The Labute approximate surface area is 146 Å². The molecule has 0 unspecified atom stereocenters. The molecule has 0 spiro atoms. The molecule has 0 amide bonds. The van der Waals surface area contributed by atoms with Gasteiger partial charge in [-0.3, -0.25) is 4.79 Å². The van der Waals surface area contributed by atoms with Gasteiger partial charge >= 0.3 is 0 Å². The quantitative estimate of drug-likeness (QED) is 0.559. The van der Waals surface area contributed by atoms with Crippen molar-refractivity contribution < 1.29 is 4.74 Å². The topological polar surface area (TPSA) is 56.5 Å². The van der Waals surface area contributed by atoms with E-state index in [9.17, 15) is 4.79 Å². The minimum Gasteiger partial charge on any atom is -0.486 e. The highest BCUT2D eigenvalue weighted by atomic mass is 35.5. The maximum absolute atomic E-state index is 12.5. The van der Waals surface area contributed by atoms with Crippen LogP contribution in [0, 0.1) is 6.92 Å². The van der Waals surface area contributed by atoms with E-state index in [2.05, 4.69) is 10.1 Å². The summed E-state index contributed by atoms with van der Waals surface area (Å²) < 4.78 is 7.07. The number of aromatic nitrogens is 3. The van der Waals surface area contributed by atoms with Gasteiger partial charge in [0.15, 0.2) is 5.01 Å². The summed E-state index contributed by atoms with van der Waals surface area (Å²) in [7, 11) is 0. The summed E-state index contributed by atoms with van der Waals surface area (Å²) >= 11 is 7.35. The lowest BCUT2D eigenvalue weighted by molar-refractivity contribution is 0.304. The van der Waals surface area contributed by atoms with E-state index in [1.807, 2.05) is 31.2 Å². The molecule has 7 heteroatoms. The number of hydrogen-bond donors (Lipinski definition) is 0. The number of fused-ring (bicyclic) bond motifs is 2. The Morgan fingerprint density at radius 1 is 1.25 bits per heavy atom. The molecule has 2 aromatic heterocycles. The van der Waals surface area contributed by atoms with E-state index in [-0.39, 0.29) is 12.2 Å². The summed E-state index contributed by atoms with van der Waals surface area (Å²) in [5.41, 5.74) is 1.45. The number of benzene rings is 2. The third-order valence-electron chi connectivity index (χ3n) is 3.64. The molecule has 0 N–H and O–H groups in total. The second kappa shape index (κ2) is 5.89. The molecule has 0 radical (unpaired) electrons. The molecule has 4 rings (SSSR count). The lowest BCUT2D eigenvalue weighted by atomic mass is 10.2. The fourth-order valence-corrected chi connectivity index (χ4v) is 3.33. The number of rotatable bonds is 3. The Morgan fingerprint density at radius 2 is 2.08 bits per heavy atom. The van der Waals surface area contributed by atoms with Crippen LogP contribution in [0.4, 0.5) is 0 Å². The van der Waals surface area contributed by atoms with Crippen LogP contribution in [-0.4, -0.2) is 14.6 Å². The second-order valence-corrected chi connectivity index (χ2v) is 6.77. The predicted octanol–water partition coefficient (Wildman–Crippen LogP) is 3.85. The zero-order chi connectivity index (χ0) is 16.7. The molecule has 0 aliphatic heterocycles. The average molecular weight is 358 g/mol. The smallest absolute Gasteiger partial charge is 0.283 e. The van der Waals surface area contributed by atoms with E-state index < -0.39 is 0 Å². The Morgan fingerprint density at radius 3 is 2.92 bits per heavy atom. The number of para-hydroxylation sites is 1. The monoisotopic (exact) mass is 357 g/mol. The standard InChI is InChI=1S/C17H12ClN3O2S/c1-10-8-11(6-7-13(10)18)23-9-15-20-21-16(22)12-4-2-3-5-14(12)19-17(21)24-15/h2-8H,9H2,1H3. The van der Waals surface area contributed by atoms with Gasteiger partial charge in [-0.1, -0.05) is 35.1 Å². The Bertz CT molecular complexity index is 1120. The van der Waals surface area contributed by atoms with E-state index in [0.29, 0.717) is 31.6 Å². The van der Waals surface area contributed by atoms with Crippen molar-refractivity contribution in [3.05, 3.63) is 68.4 Å². The Kier molecular flexibility index (Phi) is 3.70. The van der Waals surface area contributed by atoms with Crippen molar-refractivity contribution in [2.24, 2.45) is 0 Å². The number of halogens is 1. The first-order valence-electron chi connectivity index (χ1n) is 7.28. The lowest BCUT2D eigenvalue weighted by Gasteiger charge is -2.05. The Balaban J connectivity index is 1.67. The normalized spacial score (nSPS) is 11.2. The molecule has 0 saturated heterocycles. The van der Waals surface area contributed by atoms with Crippen LogP contribution in [0.3, 0.4) is 0 Å². The molecule has 0 atom stereocenters. The van der Waals surface area contributed by atoms with Crippen molar-refractivity contribution in [3.63, 3.8) is 0 Å². The fraction of sp³-hybridized carbons (Fsp3) is 0.118. The molecule has 2 aromatic carbocycles. The molecule has 0 bridgehead atoms.